The Labute approximate surface area is 218 Å². The van der Waals surface area contributed by atoms with Crippen LogP contribution in [0.25, 0.3) is 0 Å². The highest BCUT2D eigenvalue weighted by atomic mass is 16.6. The number of carbonyl (C=O) groups is 3. The topological polar surface area (TPSA) is 115 Å². The maximum atomic E-state index is 12.8. The maximum Gasteiger partial charge on any atom is 0.410 e. The van der Waals surface area contributed by atoms with Gasteiger partial charge in [-0.15, -0.1) is 0 Å². The highest BCUT2D eigenvalue weighted by molar-refractivity contribution is 5.91. The lowest BCUT2D eigenvalue weighted by molar-refractivity contribution is -0.136. The molecule has 0 saturated carbocycles. The van der Waals surface area contributed by atoms with Crippen molar-refractivity contribution >= 4 is 23.7 Å². The van der Waals surface area contributed by atoms with Crippen LogP contribution < -0.4 is 11.2 Å². The Balaban J connectivity index is 1.02. The molecule has 11 nitrogen and oxygen atoms in total. The van der Waals surface area contributed by atoms with E-state index in [9.17, 15) is 14.4 Å². The molecule has 0 bridgehead atoms. The number of benzene rings is 1. The molecule has 0 unspecified atom stereocenters. The van der Waals surface area contributed by atoms with Crippen molar-refractivity contribution < 1.29 is 19.1 Å². The van der Waals surface area contributed by atoms with Gasteiger partial charge in [0.25, 0.3) is 5.91 Å². The van der Waals surface area contributed by atoms with Crippen molar-refractivity contribution in [2.75, 3.05) is 70.8 Å². The minimum Gasteiger partial charge on any atom is -0.439 e. The number of piperazine rings is 1. The molecule has 1 aromatic carbocycles. The van der Waals surface area contributed by atoms with Gasteiger partial charge in [0.15, 0.2) is 6.61 Å². The summed E-state index contributed by atoms with van der Waals surface area (Å²) in [7, 11) is 0. The quantitative estimate of drug-likeness (QED) is 0.581. The number of hydrazine groups is 1. The first kappa shape index (κ1) is 25.7. The number of piperidine rings is 2. The van der Waals surface area contributed by atoms with Gasteiger partial charge in [-0.2, -0.15) is 0 Å². The third-order valence-corrected chi connectivity index (χ3v) is 8.31. The van der Waals surface area contributed by atoms with Gasteiger partial charge < -0.3 is 24.8 Å². The molecule has 4 aliphatic heterocycles. The predicted octanol–water partition coefficient (Wildman–Crippen LogP) is 1.16. The number of anilines is 1. The molecule has 1 aromatic rings. The zero-order chi connectivity index (χ0) is 25.8. The Morgan fingerprint density at radius 2 is 1.51 bits per heavy atom. The molecular weight excluding hydrogens is 474 g/mol. The number of amides is 4. The minimum atomic E-state index is -0.450. The second-order valence-corrected chi connectivity index (χ2v) is 10.5. The van der Waals surface area contributed by atoms with Gasteiger partial charge in [-0.05, 0) is 43.7 Å². The molecule has 0 spiro atoms. The summed E-state index contributed by atoms with van der Waals surface area (Å²) >= 11 is 0. The van der Waals surface area contributed by atoms with E-state index in [1.807, 2.05) is 39.1 Å². The summed E-state index contributed by atoms with van der Waals surface area (Å²) in [6, 6.07) is 8.38. The monoisotopic (exact) mass is 513 g/mol. The normalized spacial score (nSPS) is 22.8. The van der Waals surface area contributed by atoms with E-state index in [4.69, 9.17) is 10.6 Å². The molecule has 0 aliphatic carbocycles. The summed E-state index contributed by atoms with van der Waals surface area (Å²) < 4.78 is 5.39. The summed E-state index contributed by atoms with van der Waals surface area (Å²) in [6.45, 7) is 6.55. The summed E-state index contributed by atoms with van der Waals surface area (Å²) in [5.41, 5.74) is 2.02. The van der Waals surface area contributed by atoms with Crippen LogP contribution in [0.2, 0.25) is 0 Å². The molecule has 11 heteroatoms. The first-order chi connectivity index (χ1) is 18.0. The van der Waals surface area contributed by atoms with Gasteiger partial charge in [-0.1, -0.05) is 18.2 Å². The zero-order valence-electron chi connectivity index (χ0n) is 21.5. The minimum absolute atomic E-state index is 0.0779. The molecule has 5 rings (SSSR count). The number of likely N-dealkylation sites (tertiary alicyclic amines) is 2. The van der Waals surface area contributed by atoms with E-state index in [1.165, 1.54) is 0 Å². The van der Waals surface area contributed by atoms with Crippen molar-refractivity contribution in [3.63, 3.8) is 0 Å². The Kier molecular flexibility index (Phi) is 8.11. The molecule has 3 saturated heterocycles. The van der Waals surface area contributed by atoms with Crippen LogP contribution in [0.4, 0.5) is 15.3 Å². The Hall–Kier alpha value is -2.89. The van der Waals surface area contributed by atoms with E-state index in [2.05, 4.69) is 10.2 Å². The maximum absolute atomic E-state index is 12.8. The van der Waals surface area contributed by atoms with E-state index in [-0.39, 0.29) is 24.6 Å². The van der Waals surface area contributed by atoms with Crippen molar-refractivity contribution in [2.24, 2.45) is 5.84 Å². The number of rotatable bonds is 4. The van der Waals surface area contributed by atoms with Gasteiger partial charge in [-0.3, -0.25) is 15.5 Å². The summed E-state index contributed by atoms with van der Waals surface area (Å²) in [6.07, 6.45) is 3.62. The van der Waals surface area contributed by atoms with E-state index in [0.29, 0.717) is 51.6 Å². The van der Waals surface area contributed by atoms with Crippen LogP contribution >= 0.6 is 0 Å². The van der Waals surface area contributed by atoms with Crippen LogP contribution in [-0.4, -0.2) is 120 Å². The van der Waals surface area contributed by atoms with Gasteiger partial charge in [0.1, 0.15) is 0 Å². The van der Waals surface area contributed by atoms with Gasteiger partial charge in [-0.25, -0.2) is 14.6 Å². The van der Waals surface area contributed by atoms with Crippen LogP contribution in [0.1, 0.15) is 31.2 Å². The van der Waals surface area contributed by atoms with Crippen molar-refractivity contribution in [1.29, 1.82) is 0 Å². The second-order valence-electron chi connectivity index (χ2n) is 10.5. The van der Waals surface area contributed by atoms with Crippen molar-refractivity contribution in [3.8, 4) is 0 Å². The fourth-order valence-electron chi connectivity index (χ4n) is 5.99. The Morgan fingerprint density at radius 3 is 2.24 bits per heavy atom. The third kappa shape index (κ3) is 6.16. The lowest BCUT2D eigenvalue weighted by atomic mass is 10.0. The first-order valence-corrected chi connectivity index (χ1v) is 13.6. The van der Waals surface area contributed by atoms with Crippen LogP contribution in [0.5, 0.6) is 0 Å². The number of nitrogens with one attached hydrogen (secondary N) is 1. The van der Waals surface area contributed by atoms with Gasteiger partial charge >= 0.3 is 12.1 Å². The van der Waals surface area contributed by atoms with E-state index >= 15 is 0 Å². The number of urea groups is 1. The summed E-state index contributed by atoms with van der Waals surface area (Å²) in [4.78, 5) is 45.9. The standard InChI is InChI=1S/C26H39N7O4/c27-32-17-15-29(16-18-32)21-6-10-30(11-7-21)24(34)19-37-26(36)31-12-8-22(9-13-31)33-14-5-20-3-1-2-4-23(20)28-25(33)35/h1-4,21-22H,5-19,27H2,(H,28,35). The molecule has 3 N–H and O–H groups in total. The fraction of sp³-hybridized carbons (Fsp3) is 0.654. The van der Waals surface area contributed by atoms with E-state index < -0.39 is 6.09 Å². The number of para-hydroxylation sites is 1. The highest BCUT2D eigenvalue weighted by Crippen LogP contribution is 2.25. The highest BCUT2D eigenvalue weighted by Gasteiger charge is 2.33. The SMILES string of the molecule is NN1CCN(C2CCN(C(=O)COC(=O)N3CCC(N4CCc5ccccc5NC4=O)CC3)CC2)CC1. The molecule has 0 radical (unpaired) electrons. The number of fused-ring (bicyclic) bond motifs is 1. The zero-order valence-corrected chi connectivity index (χ0v) is 21.5. The van der Waals surface area contributed by atoms with Crippen LogP contribution in [-0.2, 0) is 16.0 Å². The summed E-state index contributed by atoms with van der Waals surface area (Å²) in [5, 5.41) is 4.88. The van der Waals surface area contributed by atoms with Crippen LogP contribution in [0.15, 0.2) is 24.3 Å². The fourth-order valence-corrected chi connectivity index (χ4v) is 5.99. The first-order valence-electron chi connectivity index (χ1n) is 13.6. The van der Waals surface area contributed by atoms with Gasteiger partial charge in [0.05, 0.1) is 0 Å². The van der Waals surface area contributed by atoms with Crippen molar-refractivity contribution in [1.82, 2.24) is 24.6 Å². The van der Waals surface area contributed by atoms with Gasteiger partial charge in [0.2, 0.25) is 0 Å². The Morgan fingerprint density at radius 1 is 0.865 bits per heavy atom. The number of hydrogen-bond acceptors (Lipinski definition) is 7. The van der Waals surface area contributed by atoms with Crippen molar-refractivity contribution in [3.05, 3.63) is 29.8 Å². The number of ether oxygens (including phenoxy) is 1. The van der Waals surface area contributed by atoms with E-state index in [0.717, 1.165) is 56.7 Å². The second kappa shape index (κ2) is 11.7. The molecule has 37 heavy (non-hydrogen) atoms. The molecule has 4 aliphatic rings. The number of nitrogens with two attached hydrogens (primary N) is 1. The third-order valence-electron chi connectivity index (χ3n) is 8.31. The smallest absolute Gasteiger partial charge is 0.410 e. The molecular formula is C26H39N7O4. The lowest BCUT2D eigenvalue weighted by Crippen LogP contribution is -2.55. The average Bonchev–Trinajstić information content (AvgIpc) is 3.10. The average molecular weight is 514 g/mol. The molecule has 4 amide bonds. The predicted molar refractivity (Wildman–Crippen MR) is 139 cm³/mol. The number of nitrogens with zero attached hydrogens (tertiary/aromatic N) is 5. The molecule has 0 aromatic heterocycles. The molecule has 4 heterocycles. The number of carbonyl (C=O) groups excluding carboxylic acids is 3. The largest absolute Gasteiger partial charge is 0.439 e. The number of hydrogen-bond donors (Lipinski definition) is 2. The van der Waals surface area contributed by atoms with Gasteiger partial charge in [0, 0.05) is 76.7 Å². The van der Waals surface area contributed by atoms with Crippen LogP contribution in [0.3, 0.4) is 0 Å². The Bertz CT molecular complexity index is 967. The molecule has 0 atom stereocenters. The van der Waals surface area contributed by atoms with Crippen molar-refractivity contribution in [2.45, 2.75) is 44.2 Å². The van der Waals surface area contributed by atoms with E-state index in [1.54, 1.807) is 4.90 Å². The molecule has 202 valence electrons. The summed E-state index contributed by atoms with van der Waals surface area (Å²) in [5.74, 6) is 5.73. The van der Waals surface area contributed by atoms with Crippen LogP contribution in [0, 0.1) is 0 Å². The lowest BCUT2D eigenvalue weighted by Gasteiger charge is -2.41. The molecule has 3 fully saturated rings.